The van der Waals surface area contributed by atoms with Crippen LogP contribution in [0.15, 0.2) is 50.8 Å². The molecule has 1 atom stereocenters. The van der Waals surface area contributed by atoms with Crippen molar-refractivity contribution in [1.29, 1.82) is 0 Å². The summed E-state index contributed by atoms with van der Waals surface area (Å²) in [6.07, 6.45) is 1.89. The van der Waals surface area contributed by atoms with Gasteiger partial charge in [0.15, 0.2) is 0 Å². The molecule has 2 heterocycles. The lowest BCUT2D eigenvalue weighted by molar-refractivity contribution is -0.116. The van der Waals surface area contributed by atoms with Crippen LogP contribution < -0.4 is 10.0 Å². The molecule has 122 valence electrons. The monoisotopic (exact) mass is 352 g/mol. The Morgan fingerprint density at radius 2 is 2.22 bits per heavy atom. The van der Waals surface area contributed by atoms with Crippen LogP contribution in [-0.4, -0.2) is 19.6 Å². The van der Waals surface area contributed by atoms with E-state index in [4.69, 9.17) is 4.42 Å². The number of nitrogens with one attached hydrogen (secondary N) is 2. The average molecular weight is 352 g/mol. The van der Waals surface area contributed by atoms with E-state index in [0.717, 1.165) is 4.90 Å². The Labute approximate surface area is 138 Å². The van der Waals surface area contributed by atoms with E-state index >= 15 is 0 Å². The van der Waals surface area contributed by atoms with Crippen LogP contribution in [0.25, 0.3) is 0 Å². The molecule has 0 spiro atoms. The zero-order valence-corrected chi connectivity index (χ0v) is 14.0. The van der Waals surface area contributed by atoms with Gasteiger partial charge in [0.2, 0.25) is 15.9 Å². The third-order valence-electron chi connectivity index (χ3n) is 3.35. The van der Waals surface area contributed by atoms with Gasteiger partial charge in [-0.15, -0.1) is 11.8 Å². The Bertz CT molecular complexity index is 816. The van der Waals surface area contributed by atoms with Crippen molar-refractivity contribution in [2.75, 3.05) is 5.32 Å². The quantitative estimate of drug-likeness (QED) is 0.883. The van der Waals surface area contributed by atoms with Crippen LogP contribution in [0, 0.1) is 0 Å². The highest BCUT2D eigenvalue weighted by atomic mass is 32.2. The Kier molecular flexibility index (Phi) is 4.47. The molecular formula is C15H16N2O4S2. The van der Waals surface area contributed by atoms with E-state index in [2.05, 4.69) is 10.0 Å². The summed E-state index contributed by atoms with van der Waals surface area (Å²) in [5, 5.41) is 2.91. The first kappa shape index (κ1) is 16.1. The molecule has 23 heavy (non-hydrogen) atoms. The predicted molar refractivity (Wildman–Crippen MR) is 87.7 cm³/mol. The Balaban J connectivity index is 1.84. The molecule has 2 N–H and O–H groups in total. The molecule has 1 aromatic heterocycles. The van der Waals surface area contributed by atoms with Crippen molar-refractivity contribution in [3.05, 3.63) is 42.4 Å². The van der Waals surface area contributed by atoms with Gasteiger partial charge in [-0.3, -0.25) is 4.79 Å². The first-order valence-corrected chi connectivity index (χ1v) is 9.43. The van der Waals surface area contributed by atoms with Gasteiger partial charge in [-0.25, -0.2) is 13.1 Å². The second-order valence-corrected chi connectivity index (χ2v) is 8.49. The third kappa shape index (κ3) is 3.77. The molecule has 1 aliphatic heterocycles. The van der Waals surface area contributed by atoms with Crippen LogP contribution in [0.4, 0.5) is 5.69 Å². The maximum absolute atomic E-state index is 12.4. The van der Waals surface area contributed by atoms with E-state index in [1.807, 2.05) is 6.92 Å². The molecule has 0 saturated heterocycles. The molecule has 3 rings (SSSR count). The molecule has 1 amide bonds. The fourth-order valence-corrected chi connectivity index (χ4v) is 4.33. The number of carbonyl (C=O) groups excluding carboxylic acids is 1. The molecule has 1 aliphatic rings. The smallest absolute Gasteiger partial charge is 0.241 e. The molecule has 0 aliphatic carbocycles. The van der Waals surface area contributed by atoms with Gasteiger partial charge in [-0.05, 0) is 30.3 Å². The summed E-state index contributed by atoms with van der Waals surface area (Å²) >= 11 is 1.55. The van der Waals surface area contributed by atoms with Crippen molar-refractivity contribution >= 4 is 33.4 Å². The second kappa shape index (κ2) is 6.38. The predicted octanol–water partition coefficient (Wildman–Crippen LogP) is 2.58. The number of carbonyl (C=O) groups is 1. The molecule has 8 heteroatoms. The lowest BCUT2D eigenvalue weighted by Gasteiger charge is -2.10. The molecule has 0 radical (unpaired) electrons. The van der Waals surface area contributed by atoms with Gasteiger partial charge in [0, 0.05) is 16.6 Å². The highest BCUT2D eigenvalue weighted by Gasteiger charge is 2.22. The fraction of sp³-hybridized carbons (Fsp3) is 0.267. The summed E-state index contributed by atoms with van der Waals surface area (Å²) < 4.78 is 32.3. The summed E-state index contributed by atoms with van der Waals surface area (Å²) in [4.78, 5) is 12.8. The minimum atomic E-state index is -3.68. The standard InChI is InChI=1S/C15H16N2O4S2/c1-10-7-15(18)17-13-8-12(4-5-14(13)22-10)23(19,20)16-9-11-3-2-6-21-11/h2-6,8,10,16H,7,9H2,1H3,(H,17,18)/t10-/m0/s1. The highest BCUT2D eigenvalue weighted by Crippen LogP contribution is 2.36. The first-order chi connectivity index (χ1) is 10.9. The molecular weight excluding hydrogens is 336 g/mol. The topological polar surface area (TPSA) is 88.4 Å². The number of hydrogen-bond acceptors (Lipinski definition) is 5. The average Bonchev–Trinajstić information content (AvgIpc) is 2.95. The summed E-state index contributed by atoms with van der Waals surface area (Å²) in [6, 6.07) is 8.14. The Hall–Kier alpha value is -1.77. The number of benzene rings is 1. The van der Waals surface area contributed by atoms with Gasteiger partial charge in [0.25, 0.3) is 0 Å². The van der Waals surface area contributed by atoms with Crippen LogP contribution in [0.1, 0.15) is 19.1 Å². The SMILES string of the molecule is C[C@H]1CC(=O)Nc2cc(S(=O)(=O)NCc3ccco3)ccc2S1. The van der Waals surface area contributed by atoms with Crippen molar-refractivity contribution < 1.29 is 17.6 Å². The number of rotatable bonds is 4. The fourth-order valence-electron chi connectivity index (χ4n) is 2.26. The van der Waals surface area contributed by atoms with Crippen LogP contribution >= 0.6 is 11.8 Å². The van der Waals surface area contributed by atoms with Gasteiger partial charge in [-0.1, -0.05) is 6.92 Å². The second-order valence-electron chi connectivity index (χ2n) is 5.24. The number of furan rings is 1. The largest absolute Gasteiger partial charge is 0.468 e. The molecule has 0 fully saturated rings. The van der Waals surface area contributed by atoms with Crippen molar-refractivity contribution in [3.63, 3.8) is 0 Å². The number of amides is 1. The number of thioether (sulfide) groups is 1. The number of hydrogen-bond donors (Lipinski definition) is 2. The van der Waals surface area contributed by atoms with Crippen LogP contribution in [0.2, 0.25) is 0 Å². The van der Waals surface area contributed by atoms with E-state index in [1.165, 1.54) is 12.3 Å². The van der Waals surface area contributed by atoms with Crippen molar-refractivity contribution in [3.8, 4) is 0 Å². The van der Waals surface area contributed by atoms with E-state index in [0.29, 0.717) is 17.9 Å². The summed E-state index contributed by atoms with van der Waals surface area (Å²) in [6.45, 7) is 2.04. The lowest BCUT2D eigenvalue weighted by Crippen LogP contribution is -2.23. The summed E-state index contributed by atoms with van der Waals surface area (Å²) in [5.41, 5.74) is 0.533. The normalized spacial score (nSPS) is 18.1. The van der Waals surface area contributed by atoms with E-state index in [9.17, 15) is 13.2 Å². The Morgan fingerprint density at radius 3 is 2.96 bits per heavy atom. The molecule has 0 saturated carbocycles. The molecule has 0 bridgehead atoms. The summed E-state index contributed by atoms with van der Waals surface area (Å²) in [7, 11) is -3.68. The maximum Gasteiger partial charge on any atom is 0.241 e. The van der Waals surface area contributed by atoms with Gasteiger partial charge in [0.1, 0.15) is 5.76 Å². The van der Waals surface area contributed by atoms with Gasteiger partial charge < -0.3 is 9.73 Å². The van der Waals surface area contributed by atoms with E-state index in [1.54, 1.807) is 36.0 Å². The van der Waals surface area contributed by atoms with E-state index < -0.39 is 10.0 Å². The van der Waals surface area contributed by atoms with Crippen molar-refractivity contribution in [1.82, 2.24) is 4.72 Å². The van der Waals surface area contributed by atoms with Crippen molar-refractivity contribution in [2.24, 2.45) is 0 Å². The lowest BCUT2D eigenvalue weighted by atomic mass is 10.3. The zero-order chi connectivity index (χ0) is 16.4. The van der Waals surface area contributed by atoms with E-state index in [-0.39, 0.29) is 22.6 Å². The molecule has 2 aromatic rings. The van der Waals surface area contributed by atoms with Crippen molar-refractivity contribution in [2.45, 2.75) is 34.9 Å². The number of fused-ring (bicyclic) bond motifs is 1. The van der Waals surface area contributed by atoms with Gasteiger partial charge in [-0.2, -0.15) is 0 Å². The number of sulfonamides is 1. The molecule has 1 aromatic carbocycles. The first-order valence-electron chi connectivity index (χ1n) is 7.06. The Morgan fingerprint density at radius 1 is 1.39 bits per heavy atom. The zero-order valence-electron chi connectivity index (χ0n) is 12.4. The molecule has 6 nitrogen and oxygen atoms in total. The minimum absolute atomic E-state index is 0.0740. The van der Waals surface area contributed by atoms with Crippen LogP contribution in [0.3, 0.4) is 0 Å². The van der Waals surface area contributed by atoms with Gasteiger partial charge >= 0.3 is 0 Å². The molecule has 0 unspecified atom stereocenters. The van der Waals surface area contributed by atoms with Crippen LogP contribution in [-0.2, 0) is 21.4 Å². The van der Waals surface area contributed by atoms with Crippen LogP contribution in [0.5, 0.6) is 0 Å². The minimum Gasteiger partial charge on any atom is -0.468 e. The summed E-state index contributed by atoms with van der Waals surface area (Å²) in [5.74, 6) is 0.419. The maximum atomic E-state index is 12.4. The third-order valence-corrected chi connectivity index (χ3v) is 5.93. The highest BCUT2D eigenvalue weighted by molar-refractivity contribution is 8.00. The van der Waals surface area contributed by atoms with Gasteiger partial charge in [0.05, 0.1) is 23.4 Å². The number of anilines is 1.